The number of ether oxygens (including phenoxy) is 1. The van der Waals surface area contributed by atoms with E-state index < -0.39 is 0 Å². The van der Waals surface area contributed by atoms with Crippen molar-refractivity contribution in [3.05, 3.63) is 11.1 Å². The molecular weight excluding hydrogens is 386 g/mol. The second-order valence-corrected chi connectivity index (χ2v) is 12.5. The summed E-state index contributed by atoms with van der Waals surface area (Å²) in [6.07, 6.45) is 8.02. The zero-order valence-corrected chi connectivity index (χ0v) is 19.8. The SMILES string of the molecule is CC1=C2C[C@@H]3[C@H](CC(=O)[C@@H]4C[C@H](O)CC[C@@]34C)[C@H]2CC[C@@]12O[C@H]1C[C@@H](C)CN[C@@H]1[C@@H]2C. The fourth-order valence-electron chi connectivity index (χ4n) is 9.46. The molecule has 172 valence electrons. The maximum atomic E-state index is 13.2. The minimum absolute atomic E-state index is 0.0720. The molecule has 4 aliphatic carbocycles. The molecule has 0 amide bonds. The highest BCUT2D eigenvalue weighted by Gasteiger charge is 2.62. The first-order valence-corrected chi connectivity index (χ1v) is 13.1. The van der Waals surface area contributed by atoms with Gasteiger partial charge < -0.3 is 15.2 Å². The summed E-state index contributed by atoms with van der Waals surface area (Å²) in [5.41, 5.74) is 3.15. The summed E-state index contributed by atoms with van der Waals surface area (Å²) < 4.78 is 7.00. The van der Waals surface area contributed by atoms with Gasteiger partial charge in [0.2, 0.25) is 0 Å². The number of rotatable bonds is 0. The van der Waals surface area contributed by atoms with Gasteiger partial charge in [0.15, 0.2) is 0 Å². The standard InChI is InChI=1S/C27H41NO3/c1-14-9-24-25(28-13-14)16(3)27(31-24)8-6-18-19(15(27)2)11-21-20(18)12-23(30)22-10-17(29)5-7-26(21,22)4/h14,16-18,20-22,24-25,28-29H,5-13H2,1-4H3/t14-,16+,17-,18+,20-,21-,22+,24+,25-,26+,27-/m1/s1. The summed E-state index contributed by atoms with van der Waals surface area (Å²) >= 11 is 0. The van der Waals surface area contributed by atoms with E-state index in [2.05, 4.69) is 33.0 Å². The molecule has 4 heteroatoms. The molecule has 6 aliphatic rings. The fourth-order valence-corrected chi connectivity index (χ4v) is 9.46. The lowest BCUT2D eigenvalue weighted by Crippen LogP contribution is -2.51. The van der Waals surface area contributed by atoms with E-state index in [4.69, 9.17) is 4.74 Å². The molecule has 2 saturated heterocycles. The normalized spacial score (nSPS) is 56.3. The molecule has 2 heterocycles. The van der Waals surface area contributed by atoms with Crippen molar-refractivity contribution in [1.82, 2.24) is 5.32 Å². The number of piperidine rings is 1. The maximum Gasteiger partial charge on any atom is 0.136 e. The Labute approximate surface area is 187 Å². The van der Waals surface area contributed by atoms with E-state index in [0.29, 0.717) is 53.9 Å². The van der Waals surface area contributed by atoms with E-state index in [1.807, 2.05) is 0 Å². The Kier molecular flexibility index (Phi) is 4.64. The largest absolute Gasteiger partial charge is 0.393 e. The van der Waals surface area contributed by atoms with Crippen LogP contribution < -0.4 is 5.32 Å². The first-order valence-electron chi connectivity index (χ1n) is 13.1. The average Bonchev–Trinajstić information content (AvgIpc) is 3.23. The monoisotopic (exact) mass is 427 g/mol. The molecule has 1 spiro atoms. The lowest BCUT2D eigenvalue weighted by Gasteiger charge is -2.52. The molecule has 0 radical (unpaired) electrons. The summed E-state index contributed by atoms with van der Waals surface area (Å²) in [4.78, 5) is 13.2. The lowest BCUT2D eigenvalue weighted by atomic mass is 9.51. The van der Waals surface area contributed by atoms with Crippen LogP contribution in [0.15, 0.2) is 11.1 Å². The summed E-state index contributed by atoms with van der Waals surface area (Å²) in [5, 5.41) is 14.1. The highest BCUT2D eigenvalue weighted by molar-refractivity contribution is 5.83. The van der Waals surface area contributed by atoms with Crippen molar-refractivity contribution in [1.29, 1.82) is 0 Å². The minimum atomic E-state index is -0.280. The summed E-state index contributed by atoms with van der Waals surface area (Å²) in [5.74, 6) is 3.41. The first kappa shape index (κ1) is 20.9. The predicted molar refractivity (Wildman–Crippen MR) is 120 cm³/mol. The van der Waals surface area contributed by atoms with Gasteiger partial charge in [0, 0.05) is 24.3 Å². The molecule has 0 aromatic heterocycles. The Morgan fingerprint density at radius 3 is 2.74 bits per heavy atom. The van der Waals surface area contributed by atoms with Crippen LogP contribution in [0.1, 0.15) is 79.1 Å². The fraction of sp³-hybridized carbons (Fsp3) is 0.889. The van der Waals surface area contributed by atoms with Crippen LogP contribution >= 0.6 is 0 Å². The number of carbonyl (C=O) groups excluding carboxylic acids is 1. The third-order valence-corrected chi connectivity index (χ3v) is 11.2. The van der Waals surface area contributed by atoms with Crippen molar-refractivity contribution < 1.29 is 14.6 Å². The Bertz CT molecular complexity index is 821. The van der Waals surface area contributed by atoms with Crippen LogP contribution in [0.3, 0.4) is 0 Å². The number of fused-ring (bicyclic) bond motifs is 6. The number of hydrogen-bond donors (Lipinski definition) is 2. The number of carbonyl (C=O) groups is 1. The minimum Gasteiger partial charge on any atom is -0.393 e. The van der Waals surface area contributed by atoms with Crippen molar-refractivity contribution in [3.8, 4) is 0 Å². The van der Waals surface area contributed by atoms with Gasteiger partial charge >= 0.3 is 0 Å². The zero-order chi connectivity index (χ0) is 21.7. The van der Waals surface area contributed by atoms with E-state index in [1.54, 1.807) is 5.57 Å². The van der Waals surface area contributed by atoms with Gasteiger partial charge in [-0.3, -0.25) is 4.79 Å². The van der Waals surface area contributed by atoms with Gasteiger partial charge in [0.1, 0.15) is 5.78 Å². The average molecular weight is 428 g/mol. The molecule has 2 N–H and O–H groups in total. The van der Waals surface area contributed by atoms with Crippen molar-refractivity contribution in [2.24, 2.45) is 40.9 Å². The second kappa shape index (κ2) is 6.90. The van der Waals surface area contributed by atoms with Gasteiger partial charge in [0.05, 0.1) is 17.8 Å². The second-order valence-electron chi connectivity index (χ2n) is 12.5. The maximum absolute atomic E-state index is 13.2. The van der Waals surface area contributed by atoms with Gasteiger partial charge in [-0.15, -0.1) is 0 Å². The Morgan fingerprint density at radius 2 is 1.94 bits per heavy atom. The molecule has 6 rings (SSSR count). The van der Waals surface area contributed by atoms with Crippen molar-refractivity contribution in [2.45, 2.75) is 103 Å². The van der Waals surface area contributed by atoms with E-state index in [9.17, 15) is 9.90 Å². The van der Waals surface area contributed by atoms with Crippen LogP contribution in [0.5, 0.6) is 0 Å². The molecule has 31 heavy (non-hydrogen) atoms. The Balaban J connectivity index is 1.35. The zero-order valence-electron chi connectivity index (χ0n) is 19.8. The van der Waals surface area contributed by atoms with Gasteiger partial charge in [-0.1, -0.05) is 26.3 Å². The predicted octanol–water partition coefficient (Wildman–Crippen LogP) is 4.26. The van der Waals surface area contributed by atoms with E-state index in [-0.39, 0.29) is 23.0 Å². The molecule has 0 bridgehead atoms. The molecule has 5 fully saturated rings. The van der Waals surface area contributed by atoms with E-state index in [0.717, 1.165) is 38.6 Å². The number of Topliss-reactive ketones (excluding diaryl/α,β-unsaturated/α-hetero) is 1. The van der Waals surface area contributed by atoms with E-state index >= 15 is 0 Å². The van der Waals surface area contributed by atoms with Gasteiger partial charge in [-0.05, 0) is 93.1 Å². The van der Waals surface area contributed by atoms with Crippen molar-refractivity contribution >= 4 is 5.78 Å². The number of allylic oxidation sites excluding steroid dienone is 1. The number of aliphatic hydroxyl groups is 1. The molecule has 11 atom stereocenters. The summed E-state index contributed by atoms with van der Waals surface area (Å²) in [6, 6.07) is 0.482. The van der Waals surface area contributed by atoms with Crippen LogP contribution in [0.25, 0.3) is 0 Å². The van der Waals surface area contributed by atoms with Crippen LogP contribution in [0, 0.1) is 40.9 Å². The topological polar surface area (TPSA) is 58.6 Å². The van der Waals surface area contributed by atoms with Crippen molar-refractivity contribution in [2.75, 3.05) is 6.54 Å². The van der Waals surface area contributed by atoms with Crippen LogP contribution in [0.4, 0.5) is 0 Å². The van der Waals surface area contributed by atoms with Crippen LogP contribution in [-0.4, -0.2) is 41.3 Å². The highest BCUT2D eigenvalue weighted by atomic mass is 16.5. The summed E-state index contributed by atoms with van der Waals surface area (Å²) in [7, 11) is 0. The molecule has 4 nitrogen and oxygen atoms in total. The third-order valence-electron chi connectivity index (χ3n) is 11.2. The van der Waals surface area contributed by atoms with E-state index in [1.165, 1.54) is 18.4 Å². The number of aliphatic hydroxyl groups excluding tert-OH is 1. The van der Waals surface area contributed by atoms with Crippen LogP contribution in [-0.2, 0) is 9.53 Å². The smallest absolute Gasteiger partial charge is 0.136 e. The number of hydrogen-bond acceptors (Lipinski definition) is 4. The van der Waals surface area contributed by atoms with Crippen LogP contribution in [0.2, 0.25) is 0 Å². The van der Waals surface area contributed by atoms with Gasteiger partial charge in [0.25, 0.3) is 0 Å². The lowest BCUT2D eigenvalue weighted by molar-refractivity contribution is -0.145. The quantitative estimate of drug-likeness (QED) is 0.567. The Hall–Kier alpha value is -0.710. The molecule has 0 aromatic rings. The molecule has 0 unspecified atom stereocenters. The molecule has 2 aliphatic heterocycles. The van der Waals surface area contributed by atoms with Crippen molar-refractivity contribution in [3.63, 3.8) is 0 Å². The highest BCUT2D eigenvalue weighted by Crippen LogP contribution is 2.65. The van der Waals surface area contributed by atoms with Gasteiger partial charge in [-0.2, -0.15) is 0 Å². The summed E-state index contributed by atoms with van der Waals surface area (Å²) in [6.45, 7) is 10.6. The molecule has 0 aromatic carbocycles. The molecular formula is C27H41NO3. The van der Waals surface area contributed by atoms with Gasteiger partial charge in [-0.25, -0.2) is 0 Å². The Morgan fingerprint density at radius 1 is 1.13 bits per heavy atom. The number of nitrogens with one attached hydrogen (secondary N) is 1. The first-order chi connectivity index (χ1) is 14.7. The molecule has 3 saturated carbocycles. The number of ketones is 1. The third kappa shape index (κ3) is 2.74.